The lowest BCUT2D eigenvalue weighted by Crippen LogP contribution is -2.42. The van der Waals surface area contributed by atoms with E-state index in [9.17, 15) is 5.11 Å². The van der Waals surface area contributed by atoms with Gasteiger partial charge in [0.05, 0.1) is 18.9 Å². The summed E-state index contributed by atoms with van der Waals surface area (Å²) in [4.78, 5) is 4.68. The minimum Gasteiger partial charge on any atom is -0.383 e. The molecule has 5 heteroatoms. The molecule has 1 spiro atoms. The number of rotatable bonds is 2. The standard InChI is InChI=1S/C17H19NO3S/c19-16(6-8-17(9-7-16)20-10-11-21-17)15-18-14(12-22-15)13-4-2-1-3-5-13/h1-5,12,19H,6-11H2. The first-order valence-corrected chi connectivity index (χ1v) is 8.59. The van der Waals surface area contributed by atoms with Crippen LogP contribution in [0.25, 0.3) is 11.3 Å². The molecule has 1 saturated carbocycles. The maximum Gasteiger partial charge on any atom is 0.168 e. The lowest BCUT2D eigenvalue weighted by atomic mass is 9.81. The first kappa shape index (κ1) is 14.3. The Hall–Kier alpha value is -1.27. The van der Waals surface area contributed by atoms with Gasteiger partial charge in [0.15, 0.2) is 5.79 Å². The molecule has 1 aromatic carbocycles. The molecule has 1 aliphatic carbocycles. The number of nitrogens with zero attached hydrogens (tertiary/aromatic N) is 1. The molecule has 1 saturated heterocycles. The highest BCUT2D eigenvalue weighted by Crippen LogP contribution is 2.45. The molecule has 116 valence electrons. The number of hydrogen-bond donors (Lipinski definition) is 1. The fourth-order valence-corrected chi connectivity index (χ4v) is 4.26. The first-order valence-electron chi connectivity index (χ1n) is 7.71. The van der Waals surface area contributed by atoms with Gasteiger partial charge >= 0.3 is 0 Å². The van der Waals surface area contributed by atoms with E-state index in [-0.39, 0.29) is 0 Å². The molecule has 0 unspecified atom stereocenters. The zero-order valence-electron chi connectivity index (χ0n) is 12.3. The smallest absolute Gasteiger partial charge is 0.168 e. The average molecular weight is 317 g/mol. The summed E-state index contributed by atoms with van der Waals surface area (Å²) >= 11 is 1.54. The van der Waals surface area contributed by atoms with E-state index in [4.69, 9.17) is 9.47 Å². The number of thiazole rings is 1. The van der Waals surface area contributed by atoms with Crippen molar-refractivity contribution in [2.45, 2.75) is 37.1 Å². The molecule has 4 rings (SSSR count). The minimum atomic E-state index is -0.849. The Balaban J connectivity index is 1.54. The van der Waals surface area contributed by atoms with Crippen molar-refractivity contribution in [3.05, 3.63) is 40.7 Å². The van der Waals surface area contributed by atoms with E-state index >= 15 is 0 Å². The molecule has 0 atom stereocenters. The van der Waals surface area contributed by atoms with Crippen molar-refractivity contribution in [2.24, 2.45) is 0 Å². The molecule has 2 heterocycles. The van der Waals surface area contributed by atoms with Crippen molar-refractivity contribution < 1.29 is 14.6 Å². The van der Waals surface area contributed by atoms with E-state index in [1.54, 1.807) is 0 Å². The highest BCUT2D eigenvalue weighted by molar-refractivity contribution is 7.10. The predicted octanol–water partition coefficient (Wildman–Crippen LogP) is 3.31. The second-order valence-corrected chi connectivity index (χ2v) is 6.90. The fraction of sp³-hybridized carbons (Fsp3) is 0.471. The second kappa shape index (κ2) is 5.42. The van der Waals surface area contributed by atoms with Crippen molar-refractivity contribution in [1.29, 1.82) is 0 Å². The van der Waals surface area contributed by atoms with Crippen LogP contribution in [0.15, 0.2) is 35.7 Å². The lowest BCUT2D eigenvalue weighted by Gasteiger charge is -2.39. The molecule has 0 amide bonds. The lowest BCUT2D eigenvalue weighted by molar-refractivity contribution is -0.204. The summed E-state index contributed by atoms with van der Waals surface area (Å²) in [7, 11) is 0. The third-order valence-electron chi connectivity index (χ3n) is 4.62. The molecular formula is C17H19NO3S. The van der Waals surface area contributed by atoms with E-state index < -0.39 is 11.4 Å². The number of aliphatic hydroxyl groups is 1. The summed E-state index contributed by atoms with van der Waals surface area (Å²) in [5.41, 5.74) is 1.17. The molecule has 1 aromatic heterocycles. The van der Waals surface area contributed by atoms with Crippen LogP contribution >= 0.6 is 11.3 Å². The average Bonchev–Trinajstić information content (AvgIpc) is 3.22. The second-order valence-electron chi connectivity index (χ2n) is 6.04. The van der Waals surface area contributed by atoms with Crippen LogP contribution in [0.3, 0.4) is 0 Å². The van der Waals surface area contributed by atoms with Gasteiger partial charge in [-0.05, 0) is 12.8 Å². The zero-order valence-corrected chi connectivity index (χ0v) is 13.1. The van der Waals surface area contributed by atoms with Crippen LogP contribution in [-0.2, 0) is 15.1 Å². The Morgan fingerprint density at radius 2 is 1.68 bits per heavy atom. The molecule has 0 radical (unpaired) electrons. The normalized spacial score (nSPS) is 23.0. The van der Waals surface area contributed by atoms with Crippen LogP contribution in [0.1, 0.15) is 30.7 Å². The molecule has 4 nitrogen and oxygen atoms in total. The molecule has 0 bridgehead atoms. The summed E-state index contributed by atoms with van der Waals surface area (Å²) in [6, 6.07) is 10.1. The fourth-order valence-electron chi connectivity index (χ4n) is 3.27. The quantitative estimate of drug-likeness (QED) is 0.923. The van der Waals surface area contributed by atoms with Gasteiger partial charge in [-0.15, -0.1) is 11.3 Å². The van der Waals surface area contributed by atoms with Gasteiger partial charge in [-0.2, -0.15) is 0 Å². The SMILES string of the molecule is OC1(c2nc(-c3ccccc3)cs2)CCC2(CC1)OCCO2. The highest BCUT2D eigenvalue weighted by atomic mass is 32.1. The summed E-state index contributed by atoms with van der Waals surface area (Å²) in [6.45, 7) is 1.32. The Labute approximate surface area is 133 Å². The van der Waals surface area contributed by atoms with Crippen LogP contribution in [-0.4, -0.2) is 29.1 Å². The molecule has 2 aliphatic rings. The summed E-state index contributed by atoms with van der Waals surface area (Å²) in [6.07, 6.45) is 2.72. The van der Waals surface area contributed by atoms with E-state index in [0.717, 1.165) is 29.1 Å². The maximum atomic E-state index is 11.0. The molecule has 1 N–H and O–H groups in total. The minimum absolute atomic E-state index is 0.453. The van der Waals surface area contributed by atoms with Gasteiger partial charge < -0.3 is 14.6 Å². The predicted molar refractivity (Wildman–Crippen MR) is 84.5 cm³/mol. The number of hydrogen-bond acceptors (Lipinski definition) is 5. The van der Waals surface area contributed by atoms with Gasteiger partial charge in [0.1, 0.15) is 10.6 Å². The number of aromatic nitrogens is 1. The Kier molecular flexibility index (Phi) is 3.53. The maximum absolute atomic E-state index is 11.0. The van der Waals surface area contributed by atoms with Crippen molar-refractivity contribution in [2.75, 3.05) is 13.2 Å². The van der Waals surface area contributed by atoms with E-state index in [1.165, 1.54) is 11.3 Å². The third kappa shape index (κ3) is 2.48. The van der Waals surface area contributed by atoms with Gasteiger partial charge in [-0.1, -0.05) is 30.3 Å². The van der Waals surface area contributed by atoms with Crippen molar-refractivity contribution in [1.82, 2.24) is 4.98 Å². The van der Waals surface area contributed by atoms with Crippen LogP contribution in [0.5, 0.6) is 0 Å². The van der Waals surface area contributed by atoms with Crippen molar-refractivity contribution in [3.63, 3.8) is 0 Å². The molecular weight excluding hydrogens is 298 g/mol. The highest BCUT2D eigenvalue weighted by Gasteiger charge is 2.47. The van der Waals surface area contributed by atoms with Crippen molar-refractivity contribution >= 4 is 11.3 Å². The molecule has 22 heavy (non-hydrogen) atoms. The van der Waals surface area contributed by atoms with E-state index in [2.05, 4.69) is 4.98 Å². The largest absolute Gasteiger partial charge is 0.383 e. The van der Waals surface area contributed by atoms with Gasteiger partial charge in [0.2, 0.25) is 0 Å². The Bertz CT molecular complexity index is 639. The number of benzene rings is 1. The van der Waals surface area contributed by atoms with E-state index in [0.29, 0.717) is 26.1 Å². The molecule has 1 aliphatic heterocycles. The van der Waals surface area contributed by atoms with Gasteiger partial charge in [-0.25, -0.2) is 4.98 Å². The Morgan fingerprint density at radius 3 is 2.36 bits per heavy atom. The number of ether oxygens (including phenoxy) is 2. The van der Waals surface area contributed by atoms with Gasteiger partial charge in [-0.3, -0.25) is 0 Å². The van der Waals surface area contributed by atoms with Gasteiger partial charge in [0.25, 0.3) is 0 Å². The topological polar surface area (TPSA) is 51.6 Å². The summed E-state index contributed by atoms with van der Waals surface area (Å²) in [5, 5.41) is 13.8. The zero-order chi connectivity index (χ0) is 15.0. The molecule has 2 aromatic rings. The monoisotopic (exact) mass is 317 g/mol. The van der Waals surface area contributed by atoms with Crippen LogP contribution < -0.4 is 0 Å². The third-order valence-corrected chi connectivity index (χ3v) is 5.66. The van der Waals surface area contributed by atoms with Crippen LogP contribution in [0.4, 0.5) is 0 Å². The summed E-state index contributed by atoms with van der Waals surface area (Å²) < 4.78 is 11.5. The van der Waals surface area contributed by atoms with Crippen molar-refractivity contribution in [3.8, 4) is 11.3 Å². The Morgan fingerprint density at radius 1 is 1.00 bits per heavy atom. The molecule has 2 fully saturated rings. The van der Waals surface area contributed by atoms with E-state index in [1.807, 2.05) is 35.7 Å². The first-order chi connectivity index (χ1) is 10.7. The van der Waals surface area contributed by atoms with Crippen LogP contribution in [0, 0.1) is 0 Å². The van der Waals surface area contributed by atoms with Gasteiger partial charge in [0, 0.05) is 23.8 Å². The summed E-state index contributed by atoms with van der Waals surface area (Å²) in [5.74, 6) is -0.453. The van der Waals surface area contributed by atoms with Crippen LogP contribution in [0.2, 0.25) is 0 Å².